The summed E-state index contributed by atoms with van der Waals surface area (Å²) in [6, 6.07) is 6.79. The number of hydrogen-bond acceptors (Lipinski definition) is 5. The average molecular weight is 345 g/mol. The van der Waals surface area contributed by atoms with E-state index >= 15 is 0 Å². The number of nitrogens with zero attached hydrogens (tertiary/aromatic N) is 3. The maximum atomic E-state index is 12.4. The predicted molar refractivity (Wildman–Crippen MR) is 89.8 cm³/mol. The normalized spacial score (nSPS) is 12.7. The first-order valence-electron chi connectivity index (χ1n) is 7.84. The Morgan fingerprint density at radius 3 is 2.64 bits per heavy atom. The van der Waals surface area contributed by atoms with Crippen LogP contribution in [0.15, 0.2) is 40.1 Å². The molecule has 2 heterocycles. The van der Waals surface area contributed by atoms with Crippen LogP contribution in [-0.2, 0) is 24.9 Å². The van der Waals surface area contributed by atoms with Gasteiger partial charge in [-0.2, -0.15) is 0 Å². The van der Waals surface area contributed by atoms with E-state index in [9.17, 15) is 14.4 Å². The summed E-state index contributed by atoms with van der Waals surface area (Å²) in [4.78, 5) is 37.3. The van der Waals surface area contributed by atoms with Gasteiger partial charge in [0.05, 0.1) is 0 Å². The Labute approximate surface area is 143 Å². The summed E-state index contributed by atoms with van der Waals surface area (Å²) in [6.45, 7) is 1.27. The molecule has 2 aromatic rings. The molecule has 0 bridgehead atoms. The average Bonchev–Trinajstić information content (AvgIpc) is 2.62. The van der Waals surface area contributed by atoms with E-state index in [4.69, 9.17) is 9.47 Å². The molecular weight excluding hydrogens is 326 g/mol. The van der Waals surface area contributed by atoms with E-state index in [-0.39, 0.29) is 12.5 Å². The summed E-state index contributed by atoms with van der Waals surface area (Å²) in [5.41, 5.74) is -0.0279. The Bertz CT molecular complexity index is 915. The van der Waals surface area contributed by atoms with Crippen molar-refractivity contribution in [1.29, 1.82) is 0 Å². The van der Waals surface area contributed by atoms with Gasteiger partial charge in [-0.25, -0.2) is 4.79 Å². The molecule has 3 rings (SSSR count). The highest BCUT2D eigenvalue weighted by Crippen LogP contribution is 2.30. The van der Waals surface area contributed by atoms with E-state index in [1.54, 1.807) is 7.05 Å². The van der Waals surface area contributed by atoms with Gasteiger partial charge in [-0.1, -0.05) is 6.07 Å². The number of carbonyl (C=O) groups excluding carboxylic acids is 1. The minimum absolute atomic E-state index is 0.131. The van der Waals surface area contributed by atoms with E-state index in [0.29, 0.717) is 31.3 Å². The Morgan fingerprint density at radius 1 is 1.16 bits per heavy atom. The molecule has 1 aliphatic rings. The second kappa shape index (κ2) is 6.84. The first-order valence-corrected chi connectivity index (χ1v) is 7.84. The Hall–Kier alpha value is -3.03. The molecule has 0 atom stereocenters. The summed E-state index contributed by atoms with van der Waals surface area (Å²) >= 11 is 0. The molecule has 0 radical (unpaired) electrons. The molecule has 0 unspecified atom stereocenters. The molecule has 1 aromatic carbocycles. The van der Waals surface area contributed by atoms with Gasteiger partial charge >= 0.3 is 5.69 Å². The Morgan fingerprint density at radius 2 is 1.88 bits per heavy atom. The summed E-state index contributed by atoms with van der Waals surface area (Å²) < 4.78 is 13.2. The number of amides is 1. The lowest BCUT2D eigenvalue weighted by Gasteiger charge is -2.21. The lowest BCUT2D eigenvalue weighted by Crippen LogP contribution is -2.40. The lowest BCUT2D eigenvalue weighted by molar-refractivity contribution is -0.131. The van der Waals surface area contributed by atoms with Crippen molar-refractivity contribution < 1.29 is 14.3 Å². The zero-order valence-electron chi connectivity index (χ0n) is 14.1. The van der Waals surface area contributed by atoms with E-state index < -0.39 is 11.2 Å². The maximum absolute atomic E-state index is 12.4. The lowest BCUT2D eigenvalue weighted by atomic mass is 10.2. The van der Waals surface area contributed by atoms with Gasteiger partial charge in [0, 0.05) is 32.9 Å². The fourth-order valence-corrected chi connectivity index (χ4v) is 2.55. The van der Waals surface area contributed by atoms with Crippen LogP contribution in [0.1, 0.15) is 5.56 Å². The number of benzene rings is 1. The molecule has 0 saturated heterocycles. The number of aromatic nitrogens is 2. The first-order chi connectivity index (χ1) is 12.0. The Balaban J connectivity index is 1.70. The fraction of sp³-hybridized carbons (Fsp3) is 0.353. The summed E-state index contributed by atoms with van der Waals surface area (Å²) in [6.07, 6.45) is 1.33. The molecule has 25 heavy (non-hydrogen) atoms. The fourth-order valence-electron chi connectivity index (χ4n) is 2.55. The van der Waals surface area contributed by atoms with Gasteiger partial charge in [0.15, 0.2) is 11.5 Å². The van der Waals surface area contributed by atoms with Crippen LogP contribution in [0.5, 0.6) is 11.5 Å². The monoisotopic (exact) mass is 345 g/mol. The molecule has 0 spiro atoms. The highest BCUT2D eigenvalue weighted by Gasteiger charge is 2.15. The number of likely N-dealkylation sites (N-methyl/N-ethyl adjacent to an activating group) is 1. The van der Waals surface area contributed by atoms with Gasteiger partial charge in [-0.3, -0.25) is 18.7 Å². The van der Waals surface area contributed by atoms with E-state index in [2.05, 4.69) is 0 Å². The number of ether oxygens (including phenoxy) is 2. The summed E-state index contributed by atoms with van der Waals surface area (Å²) in [5, 5.41) is 0. The summed E-state index contributed by atoms with van der Waals surface area (Å²) in [7, 11) is 3.04. The third kappa shape index (κ3) is 3.57. The van der Waals surface area contributed by atoms with Crippen molar-refractivity contribution in [2.75, 3.05) is 20.3 Å². The molecular formula is C17H19N3O5. The third-order valence-electron chi connectivity index (χ3n) is 4.02. The Kier molecular flexibility index (Phi) is 4.60. The summed E-state index contributed by atoms with van der Waals surface area (Å²) in [5.74, 6) is 1.12. The number of hydrogen-bond donors (Lipinski definition) is 0. The molecule has 0 fully saturated rings. The van der Waals surface area contributed by atoms with Gasteiger partial charge in [-0.05, 0) is 17.7 Å². The minimum Gasteiger partial charge on any atom is -0.486 e. The molecule has 132 valence electrons. The van der Waals surface area contributed by atoms with Crippen LogP contribution in [0.2, 0.25) is 0 Å². The van der Waals surface area contributed by atoms with Crippen molar-refractivity contribution in [2.45, 2.75) is 13.1 Å². The van der Waals surface area contributed by atoms with Crippen LogP contribution in [-0.4, -0.2) is 40.2 Å². The van der Waals surface area contributed by atoms with E-state index in [0.717, 1.165) is 10.1 Å². The largest absolute Gasteiger partial charge is 0.486 e. The molecule has 0 aliphatic carbocycles. The highest BCUT2D eigenvalue weighted by atomic mass is 16.6. The molecule has 1 amide bonds. The standard InChI is InChI=1S/C17H19N3O5/c1-18(10-12-3-4-13-14(9-12)25-8-7-24-13)16(22)11-20-6-5-15(21)19(2)17(20)23/h3-6,9H,7-8,10-11H2,1-2H3. The van der Waals surface area contributed by atoms with Gasteiger partial charge < -0.3 is 14.4 Å². The zero-order chi connectivity index (χ0) is 18.0. The van der Waals surface area contributed by atoms with Crippen LogP contribution in [0.4, 0.5) is 0 Å². The van der Waals surface area contributed by atoms with Gasteiger partial charge in [0.25, 0.3) is 5.56 Å². The molecule has 1 aliphatic heterocycles. The van der Waals surface area contributed by atoms with Crippen LogP contribution in [0, 0.1) is 0 Å². The van der Waals surface area contributed by atoms with Gasteiger partial charge in [0.2, 0.25) is 5.91 Å². The van der Waals surface area contributed by atoms with Crippen molar-refractivity contribution in [1.82, 2.24) is 14.0 Å². The van der Waals surface area contributed by atoms with Gasteiger partial charge in [-0.15, -0.1) is 0 Å². The quantitative estimate of drug-likeness (QED) is 0.778. The van der Waals surface area contributed by atoms with Crippen LogP contribution in [0.3, 0.4) is 0 Å². The second-order valence-corrected chi connectivity index (χ2v) is 5.85. The topological polar surface area (TPSA) is 82.8 Å². The van der Waals surface area contributed by atoms with Crippen molar-refractivity contribution in [2.24, 2.45) is 7.05 Å². The van der Waals surface area contributed by atoms with Crippen molar-refractivity contribution in [3.63, 3.8) is 0 Å². The van der Waals surface area contributed by atoms with Crippen LogP contribution in [0.25, 0.3) is 0 Å². The van der Waals surface area contributed by atoms with Crippen LogP contribution < -0.4 is 20.7 Å². The van der Waals surface area contributed by atoms with Crippen molar-refractivity contribution in [3.8, 4) is 11.5 Å². The molecule has 8 heteroatoms. The predicted octanol–water partition coefficient (Wildman–Crippen LogP) is -0.0232. The van der Waals surface area contributed by atoms with Crippen molar-refractivity contribution in [3.05, 3.63) is 56.9 Å². The first kappa shape index (κ1) is 16.8. The molecule has 1 aromatic heterocycles. The SMILES string of the molecule is CN(Cc1ccc2c(c1)OCCO2)C(=O)Cn1ccc(=O)n(C)c1=O. The second-order valence-electron chi connectivity index (χ2n) is 5.85. The molecule has 0 saturated carbocycles. The third-order valence-corrected chi connectivity index (χ3v) is 4.02. The van der Waals surface area contributed by atoms with Crippen molar-refractivity contribution >= 4 is 5.91 Å². The van der Waals surface area contributed by atoms with E-state index in [1.807, 2.05) is 18.2 Å². The van der Waals surface area contributed by atoms with Crippen LogP contribution >= 0.6 is 0 Å². The number of fused-ring (bicyclic) bond motifs is 1. The van der Waals surface area contributed by atoms with E-state index in [1.165, 1.54) is 28.8 Å². The highest BCUT2D eigenvalue weighted by molar-refractivity contribution is 5.75. The zero-order valence-corrected chi connectivity index (χ0v) is 14.1. The maximum Gasteiger partial charge on any atom is 0.331 e. The number of rotatable bonds is 4. The number of carbonyl (C=O) groups is 1. The molecule has 0 N–H and O–H groups in total. The van der Waals surface area contributed by atoms with Gasteiger partial charge in [0.1, 0.15) is 19.8 Å². The minimum atomic E-state index is -0.520. The molecule has 8 nitrogen and oxygen atoms in total. The smallest absolute Gasteiger partial charge is 0.331 e.